The second-order valence-corrected chi connectivity index (χ2v) is 6.85. The molecule has 1 amide bonds. The molecule has 0 unspecified atom stereocenters. The van der Waals surface area contributed by atoms with E-state index in [4.69, 9.17) is 0 Å². The minimum atomic E-state index is -4.71. The van der Waals surface area contributed by atoms with E-state index in [0.717, 1.165) is 5.56 Å². The fourth-order valence-corrected chi connectivity index (χ4v) is 3.42. The number of amides is 1. The van der Waals surface area contributed by atoms with E-state index in [2.05, 4.69) is 20.0 Å². The molecule has 3 aromatic rings. The Balaban J connectivity index is 1.55. The Morgan fingerprint density at radius 1 is 1.18 bits per heavy atom. The van der Waals surface area contributed by atoms with Crippen LogP contribution in [0.5, 0.6) is 5.75 Å². The molecule has 2 heterocycles. The summed E-state index contributed by atoms with van der Waals surface area (Å²) in [5.74, 6) is -0.517. The van der Waals surface area contributed by atoms with Crippen LogP contribution >= 0.6 is 11.3 Å². The Hall–Kier alpha value is -2.94. The highest BCUT2D eigenvalue weighted by atomic mass is 32.1. The molecular weight excluding hydrogens is 391 g/mol. The highest BCUT2D eigenvalue weighted by molar-refractivity contribution is 7.17. The number of alkyl halides is 3. The van der Waals surface area contributed by atoms with Crippen LogP contribution in [0.15, 0.2) is 48.7 Å². The molecule has 2 aromatic heterocycles. The lowest BCUT2D eigenvalue weighted by molar-refractivity contribution is -0.274. The van der Waals surface area contributed by atoms with E-state index in [1.165, 1.54) is 35.6 Å². The average Bonchev–Trinajstić information content (AvgIpc) is 3.04. The van der Waals surface area contributed by atoms with Crippen molar-refractivity contribution >= 4 is 17.2 Å². The summed E-state index contributed by atoms with van der Waals surface area (Å²) in [6.07, 6.45) is -2.57. The summed E-state index contributed by atoms with van der Waals surface area (Å²) in [7, 11) is 0. The van der Waals surface area contributed by atoms with Crippen LogP contribution in [0, 0.1) is 6.92 Å². The molecule has 1 aromatic carbocycles. The van der Waals surface area contributed by atoms with Gasteiger partial charge in [0, 0.05) is 12.7 Å². The summed E-state index contributed by atoms with van der Waals surface area (Å²) >= 11 is 1.27. The molecule has 5 nitrogen and oxygen atoms in total. The number of thiazole rings is 1. The van der Waals surface area contributed by atoms with Crippen molar-refractivity contribution in [1.82, 2.24) is 15.3 Å². The van der Waals surface area contributed by atoms with Gasteiger partial charge < -0.3 is 10.1 Å². The molecule has 0 aliphatic carbocycles. The van der Waals surface area contributed by atoms with Gasteiger partial charge >= 0.3 is 6.36 Å². The summed E-state index contributed by atoms with van der Waals surface area (Å²) in [6.45, 7) is 2.10. The number of aryl methyl sites for hydroxylation is 1. The van der Waals surface area contributed by atoms with Gasteiger partial charge in [-0.05, 0) is 43.2 Å². The summed E-state index contributed by atoms with van der Waals surface area (Å²) < 4.78 is 40.3. The second kappa shape index (κ2) is 8.39. The molecule has 28 heavy (non-hydrogen) atoms. The van der Waals surface area contributed by atoms with Gasteiger partial charge in [0.2, 0.25) is 0 Å². The normalized spacial score (nSPS) is 11.3. The minimum absolute atomic E-state index is 0.241. The molecule has 0 spiro atoms. The Bertz CT molecular complexity index is 941. The number of nitrogens with zero attached hydrogens (tertiary/aromatic N) is 2. The summed E-state index contributed by atoms with van der Waals surface area (Å²) in [4.78, 5) is 21.5. The van der Waals surface area contributed by atoms with E-state index in [9.17, 15) is 18.0 Å². The van der Waals surface area contributed by atoms with Crippen molar-refractivity contribution in [2.24, 2.45) is 0 Å². The Morgan fingerprint density at radius 2 is 1.93 bits per heavy atom. The number of ether oxygens (including phenoxy) is 1. The van der Waals surface area contributed by atoms with Gasteiger partial charge in [0.15, 0.2) is 0 Å². The SMILES string of the molecule is Cc1nc(-c2ccccn2)sc1C(=O)NCCc1ccc(OC(F)(F)F)cc1. The van der Waals surface area contributed by atoms with Gasteiger partial charge in [0.1, 0.15) is 15.6 Å². The monoisotopic (exact) mass is 407 g/mol. The van der Waals surface area contributed by atoms with Crippen LogP contribution in [0.25, 0.3) is 10.7 Å². The number of carbonyl (C=O) groups is 1. The van der Waals surface area contributed by atoms with Gasteiger partial charge in [0.05, 0.1) is 11.4 Å². The molecule has 1 N–H and O–H groups in total. The number of halogens is 3. The number of pyridine rings is 1. The quantitative estimate of drug-likeness (QED) is 0.659. The third kappa shape index (κ3) is 5.29. The summed E-state index contributed by atoms with van der Waals surface area (Å²) in [6, 6.07) is 11.0. The lowest BCUT2D eigenvalue weighted by atomic mass is 10.1. The van der Waals surface area contributed by atoms with E-state index < -0.39 is 6.36 Å². The first kappa shape index (κ1) is 19.8. The fourth-order valence-electron chi connectivity index (χ4n) is 2.46. The maximum Gasteiger partial charge on any atom is 0.573 e. The van der Waals surface area contributed by atoms with Gasteiger partial charge in [-0.1, -0.05) is 18.2 Å². The van der Waals surface area contributed by atoms with E-state index in [-0.39, 0.29) is 11.7 Å². The zero-order valence-electron chi connectivity index (χ0n) is 14.8. The lowest BCUT2D eigenvalue weighted by Gasteiger charge is -2.09. The Labute approximate surface area is 163 Å². The third-order valence-corrected chi connectivity index (χ3v) is 4.92. The predicted octanol–water partition coefficient (Wildman–Crippen LogP) is 4.38. The van der Waals surface area contributed by atoms with Crippen LogP contribution < -0.4 is 10.1 Å². The van der Waals surface area contributed by atoms with Crippen LogP contribution in [0.3, 0.4) is 0 Å². The summed E-state index contributed by atoms with van der Waals surface area (Å²) in [5.41, 5.74) is 2.11. The van der Waals surface area contributed by atoms with E-state index in [1.54, 1.807) is 19.2 Å². The second-order valence-electron chi connectivity index (χ2n) is 5.85. The van der Waals surface area contributed by atoms with Crippen LogP contribution in [-0.4, -0.2) is 28.8 Å². The molecule has 0 aliphatic heterocycles. The van der Waals surface area contributed by atoms with Crippen LogP contribution in [0.2, 0.25) is 0 Å². The predicted molar refractivity (Wildman–Crippen MR) is 99.2 cm³/mol. The van der Waals surface area contributed by atoms with E-state index >= 15 is 0 Å². The van der Waals surface area contributed by atoms with Crippen LogP contribution in [0.1, 0.15) is 20.9 Å². The van der Waals surface area contributed by atoms with Gasteiger partial charge in [-0.15, -0.1) is 24.5 Å². The first-order valence-electron chi connectivity index (χ1n) is 8.33. The Kier molecular flexibility index (Phi) is 5.93. The highest BCUT2D eigenvalue weighted by Gasteiger charge is 2.30. The van der Waals surface area contributed by atoms with Crippen molar-refractivity contribution in [3.63, 3.8) is 0 Å². The number of nitrogens with one attached hydrogen (secondary N) is 1. The fraction of sp³-hybridized carbons (Fsp3) is 0.211. The smallest absolute Gasteiger partial charge is 0.406 e. The maximum atomic E-state index is 12.4. The summed E-state index contributed by atoms with van der Waals surface area (Å²) in [5, 5.41) is 3.48. The molecule has 0 atom stereocenters. The van der Waals surface area contributed by atoms with Crippen molar-refractivity contribution < 1.29 is 22.7 Å². The largest absolute Gasteiger partial charge is 0.573 e. The van der Waals surface area contributed by atoms with Gasteiger partial charge in [0.25, 0.3) is 5.91 Å². The number of rotatable bonds is 6. The topological polar surface area (TPSA) is 64.1 Å². The van der Waals surface area contributed by atoms with Crippen LogP contribution in [-0.2, 0) is 6.42 Å². The molecule has 0 saturated carbocycles. The van der Waals surface area contributed by atoms with Crippen LogP contribution in [0.4, 0.5) is 13.2 Å². The zero-order chi connectivity index (χ0) is 20.1. The molecule has 3 rings (SSSR count). The van der Waals surface area contributed by atoms with Gasteiger partial charge in [-0.3, -0.25) is 9.78 Å². The highest BCUT2D eigenvalue weighted by Crippen LogP contribution is 2.26. The van der Waals surface area contributed by atoms with Gasteiger partial charge in [-0.2, -0.15) is 0 Å². The third-order valence-electron chi connectivity index (χ3n) is 3.74. The van der Waals surface area contributed by atoms with Gasteiger partial charge in [-0.25, -0.2) is 4.98 Å². The first-order valence-corrected chi connectivity index (χ1v) is 9.15. The molecule has 0 bridgehead atoms. The number of hydrogen-bond donors (Lipinski definition) is 1. The first-order chi connectivity index (χ1) is 13.3. The van der Waals surface area contributed by atoms with Crippen molar-refractivity contribution in [3.8, 4) is 16.5 Å². The van der Waals surface area contributed by atoms with E-state index in [0.29, 0.717) is 34.2 Å². The molecule has 146 valence electrons. The number of aromatic nitrogens is 2. The maximum absolute atomic E-state index is 12.4. The molecule has 0 aliphatic rings. The minimum Gasteiger partial charge on any atom is -0.406 e. The number of hydrogen-bond acceptors (Lipinski definition) is 5. The molecule has 0 saturated heterocycles. The zero-order valence-corrected chi connectivity index (χ0v) is 15.6. The Morgan fingerprint density at radius 3 is 2.57 bits per heavy atom. The molecule has 0 fully saturated rings. The van der Waals surface area contributed by atoms with Crippen molar-refractivity contribution in [1.29, 1.82) is 0 Å². The number of benzene rings is 1. The van der Waals surface area contributed by atoms with Crippen molar-refractivity contribution in [3.05, 3.63) is 64.8 Å². The molecule has 0 radical (unpaired) electrons. The molecular formula is C19H16F3N3O2S. The standard InChI is InChI=1S/C19H16F3N3O2S/c1-12-16(28-18(25-12)15-4-2-3-10-23-15)17(26)24-11-9-13-5-7-14(8-6-13)27-19(20,21)22/h2-8,10H,9,11H2,1H3,(H,24,26). The average molecular weight is 407 g/mol. The van der Waals surface area contributed by atoms with Crippen molar-refractivity contribution in [2.75, 3.05) is 6.54 Å². The molecule has 9 heteroatoms. The lowest BCUT2D eigenvalue weighted by Crippen LogP contribution is -2.25. The van der Waals surface area contributed by atoms with Crippen molar-refractivity contribution in [2.45, 2.75) is 19.7 Å². The van der Waals surface area contributed by atoms with E-state index in [1.807, 2.05) is 12.1 Å². The number of carbonyl (C=O) groups excluding carboxylic acids is 1.